The second-order valence-corrected chi connectivity index (χ2v) is 7.41. The lowest BCUT2D eigenvalue weighted by Crippen LogP contribution is -2.25. The van der Waals surface area contributed by atoms with Gasteiger partial charge in [0, 0.05) is 35.3 Å². The number of anilines is 1. The minimum atomic E-state index is -0.302. The van der Waals surface area contributed by atoms with Crippen molar-refractivity contribution in [3.8, 4) is 0 Å². The SMILES string of the molecule is Cc1nc(N)ccc1CNC(=O)c1cc(Cc2cnc3ccc(Cl)cc3c2)cnn1. The molecule has 3 aromatic heterocycles. The predicted octanol–water partition coefficient (Wildman–Crippen LogP) is 3.48. The van der Waals surface area contributed by atoms with Gasteiger partial charge in [-0.3, -0.25) is 9.78 Å². The molecule has 30 heavy (non-hydrogen) atoms. The number of rotatable bonds is 5. The Morgan fingerprint density at radius 2 is 1.93 bits per heavy atom. The molecule has 0 saturated heterocycles. The smallest absolute Gasteiger partial charge is 0.272 e. The van der Waals surface area contributed by atoms with Crippen molar-refractivity contribution >= 4 is 34.2 Å². The number of nitrogen functional groups attached to an aromatic ring is 1. The van der Waals surface area contributed by atoms with Crippen LogP contribution in [0.3, 0.4) is 0 Å². The molecule has 0 unspecified atom stereocenters. The average Bonchev–Trinajstić information content (AvgIpc) is 2.73. The van der Waals surface area contributed by atoms with E-state index in [0.717, 1.165) is 33.3 Å². The Labute approximate surface area is 178 Å². The number of nitrogens with zero attached hydrogens (tertiary/aromatic N) is 4. The molecule has 0 radical (unpaired) electrons. The molecule has 0 spiro atoms. The number of halogens is 1. The zero-order valence-corrected chi connectivity index (χ0v) is 17.0. The van der Waals surface area contributed by atoms with Gasteiger partial charge >= 0.3 is 0 Å². The second-order valence-electron chi connectivity index (χ2n) is 6.97. The molecule has 0 fully saturated rings. The number of benzene rings is 1. The van der Waals surface area contributed by atoms with Crippen molar-refractivity contribution in [1.29, 1.82) is 0 Å². The number of nitrogens with two attached hydrogens (primary N) is 1. The van der Waals surface area contributed by atoms with Crippen LogP contribution in [0.5, 0.6) is 0 Å². The van der Waals surface area contributed by atoms with Gasteiger partial charge in [0.1, 0.15) is 5.82 Å². The molecule has 0 aliphatic heterocycles. The van der Waals surface area contributed by atoms with E-state index in [1.54, 1.807) is 18.3 Å². The highest BCUT2D eigenvalue weighted by Gasteiger charge is 2.11. The van der Waals surface area contributed by atoms with Crippen LogP contribution in [0.1, 0.15) is 32.9 Å². The second kappa shape index (κ2) is 8.42. The molecule has 0 saturated carbocycles. The molecule has 3 N–H and O–H groups in total. The summed E-state index contributed by atoms with van der Waals surface area (Å²) in [7, 11) is 0. The largest absolute Gasteiger partial charge is 0.384 e. The monoisotopic (exact) mass is 418 g/mol. The van der Waals surface area contributed by atoms with Gasteiger partial charge in [-0.2, -0.15) is 5.10 Å². The van der Waals surface area contributed by atoms with Crippen molar-refractivity contribution in [3.05, 3.63) is 88.0 Å². The zero-order valence-electron chi connectivity index (χ0n) is 16.3. The third kappa shape index (κ3) is 4.52. The van der Waals surface area contributed by atoms with Crippen LogP contribution in [0, 0.1) is 6.92 Å². The maximum Gasteiger partial charge on any atom is 0.272 e. The minimum absolute atomic E-state index is 0.255. The summed E-state index contributed by atoms with van der Waals surface area (Å²) in [4.78, 5) is 21.2. The standard InChI is InChI=1S/C22H19ClN6O/c1-13-16(2-5-21(24)28-13)12-26-22(30)20-8-15(11-27-29-20)6-14-7-17-9-18(23)3-4-19(17)25-10-14/h2-5,7-11H,6,12H2,1H3,(H2,24,28)(H,26,30). The number of carbonyl (C=O) groups is 1. The van der Waals surface area contributed by atoms with Crippen LogP contribution in [0.2, 0.25) is 5.02 Å². The van der Waals surface area contributed by atoms with Gasteiger partial charge in [-0.1, -0.05) is 17.7 Å². The fourth-order valence-corrected chi connectivity index (χ4v) is 3.34. The Morgan fingerprint density at radius 3 is 2.77 bits per heavy atom. The van der Waals surface area contributed by atoms with Crippen LogP contribution in [0.15, 0.2) is 54.9 Å². The third-order valence-electron chi connectivity index (χ3n) is 4.71. The fourth-order valence-electron chi connectivity index (χ4n) is 3.16. The zero-order chi connectivity index (χ0) is 21.1. The van der Waals surface area contributed by atoms with Crippen molar-refractivity contribution in [2.75, 3.05) is 5.73 Å². The quantitative estimate of drug-likeness (QED) is 0.513. The van der Waals surface area contributed by atoms with Crippen molar-refractivity contribution in [3.63, 3.8) is 0 Å². The summed E-state index contributed by atoms with van der Waals surface area (Å²) >= 11 is 6.08. The first kappa shape index (κ1) is 19.7. The van der Waals surface area contributed by atoms with E-state index in [4.69, 9.17) is 17.3 Å². The topological polar surface area (TPSA) is 107 Å². The Morgan fingerprint density at radius 1 is 1.10 bits per heavy atom. The summed E-state index contributed by atoms with van der Waals surface area (Å²) in [6, 6.07) is 12.9. The minimum Gasteiger partial charge on any atom is -0.384 e. The van der Waals surface area contributed by atoms with Crippen molar-refractivity contribution in [1.82, 2.24) is 25.5 Å². The molecule has 1 aromatic carbocycles. The van der Waals surface area contributed by atoms with Gasteiger partial charge in [-0.15, -0.1) is 5.10 Å². The average molecular weight is 419 g/mol. The summed E-state index contributed by atoms with van der Waals surface area (Å²) < 4.78 is 0. The van der Waals surface area contributed by atoms with Crippen molar-refractivity contribution in [2.45, 2.75) is 19.9 Å². The molecule has 4 aromatic rings. The van der Waals surface area contributed by atoms with E-state index >= 15 is 0 Å². The van der Waals surface area contributed by atoms with E-state index in [1.165, 1.54) is 0 Å². The number of aryl methyl sites for hydroxylation is 1. The van der Waals surface area contributed by atoms with Gasteiger partial charge in [-0.25, -0.2) is 4.98 Å². The number of fused-ring (bicyclic) bond motifs is 1. The highest BCUT2D eigenvalue weighted by molar-refractivity contribution is 6.31. The Bertz CT molecular complexity index is 1240. The first-order valence-electron chi connectivity index (χ1n) is 9.34. The van der Waals surface area contributed by atoms with E-state index in [9.17, 15) is 4.79 Å². The molecule has 150 valence electrons. The summed E-state index contributed by atoms with van der Waals surface area (Å²) in [6.07, 6.45) is 4.03. The number of hydrogen-bond donors (Lipinski definition) is 2. The van der Waals surface area contributed by atoms with Gasteiger partial charge < -0.3 is 11.1 Å². The Hall–Kier alpha value is -3.58. The molecule has 0 aliphatic rings. The Balaban J connectivity index is 1.47. The fraction of sp³-hybridized carbons (Fsp3) is 0.136. The summed E-state index contributed by atoms with van der Waals surface area (Å²) in [5.74, 6) is 0.149. The van der Waals surface area contributed by atoms with Gasteiger partial charge in [0.15, 0.2) is 5.69 Å². The predicted molar refractivity (Wildman–Crippen MR) is 116 cm³/mol. The van der Waals surface area contributed by atoms with E-state index in [2.05, 4.69) is 25.5 Å². The first-order chi connectivity index (χ1) is 14.5. The molecule has 7 nitrogen and oxygen atoms in total. The Kier molecular flexibility index (Phi) is 5.54. The molecule has 0 bridgehead atoms. The molecule has 0 atom stereocenters. The lowest BCUT2D eigenvalue weighted by atomic mass is 10.1. The highest BCUT2D eigenvalue weighted by atomic mass is 35.5. The third-order valence-corrected chi connectivity index (χ3v) is 4.94. The van der Waals surface area contributed by atoms with Gasteiger partial charge in [0.2, 0.25) is 0 Å². The molecule has 4 rings (SSSR count). The molecule has 1 amide bonds. The molecule has 3 heterocycles. The number of hydrogen-bond acceptors (Lipinski definition) is 6. The number of amides is 1. The molecular formula is C22H19ClN6O. The van der Waals surface area contributed by atoms with Crippen LogP contribution in [0.25, 0.3) is 10.9 Å². The van der Waals surface area contributed by atoms with Crippen molar-refractivity contribution in [2.24, 2.45) is 0 Å². The van der Waals surface area contributed by atoms with E-state index in [-0.39, 0.29) is 11.6 Å². The number of carbonyl (C=O) groups excluding carboxylic acids is 1. The van der Waals surface area contributed by atoms with Crippen LogP contribution >= 0.6 is 11.6 Å². The molecule has 8 heteroatoms. The van der Waals surface area contributed by atoms with Crippen LogP contribution < -0.4 is 11.1 Å². The molecular weight excluding hydrogens is 400 g/mol. The first-order valence-corrected chi connectivity index (χ1v) is 9.72. The summed E-state index contributed by atoms with van der Waals surface area (Å²) in [6.45, 7) is 2.18. The van der Waals surface area contributed by atoms with E-state index < -0.39 is 0 Å². The van der Waals surface area contributed by atoms with Crippen LogP contribution in [0.4, 0.5) is 5.82 Å². The normalized spacial score (nSPS) is 10.9. The lowest BCUT2D eigenvalue weighted by molar-refractivity contribution is 0.0944. The van der Waals surface area contributed by atoms with Gasteiger partial charge in [0.05, 0.1) is 11.7 Å². The van der Waals surface area contributed by atoms with Crippen molar-refractivity contribution < 1.29 is 4.79 Å². The summed E-state index contributed by atoms with van der Waals surface area (Å²) in [5, 5.41) is 12.4. The van der Waals surface area contributed by atoms with Gasteiger partial charge in [0.25, 0.3) is 5.91 Å². The number of aromatic nitrogens is 4. The molecule has 0 aliphatic carbocycles. The number of nitrogens with one attached hydrogen (secondary N) is 1. The van der Waals surface area contributed by atoms with E-state index in [1.807, 2.05) is 43.5 Å². The van der Waals surface area contributed by atoms with Crippen LogP contribution in [-0.4, -0.2) is 26.1 Å². The maximum absolute atomic E-state index is 12.5. The lowest BCUT2D eigenvalue weighted by Gasteiger charge is -2.08. The highest BCUT2D eigenvalue weighted by Crippen LogP contribution is 2.20. The maximum atomic E-state index is 12.5. The number of pyridine rings is 2. The van der Waals surface area contributed by atoms with E-state index in [0.29, 0.717) is 23.8 Å². The summed E-state index contributed by atoms with van der Waals surface area (Å²) in [5.41, 5.74) is 10.3. The van der Waals surface area contributed by atoms with Crippen LogP contribution in [-0.2, 0) is 13.0 Å². The van der Waals surface area contributed by atoms with Gasteiger partial charge in [-0.05, 0) is 60.0 Å².